The number of aliphatic hydroxyl groups excluding tert-OH is 1. The third kappa shape index (κ3) is 3.16. The molecule has 1 heterocycles. The molecule has 4 heteroatoms. The summed E-state index contributed by atoms with van der Waals surface area (Å²) in [7, 11) is 1.66. The Morgan fingerprint density at radius 2 is 2.46 bits per heavy atom. The summed E-state index contributed by atoms with van der Waals surface area (Å²) in [6, 6.07) is 0. The summed E-state index contributed by atoms with van der Waals surface area (Å²) in [6.07, 6.45) is 2.57. The molecule has 4 nitrogen and oxygen atoms in total. The Hall–Kier alpha value is -0.870. The molecule has 13 heavy (non-hydrogen) atoms. The molecular weight excluding hydrogens is 170 g/mol. The van der Waals surface area contributed by atoms with Crippen molar-refractivity contribution in [2.45, 2.75) is 25.9 Å². The zero-order valence-corrected chi connectivity index (χ0v) is 7.99. The first-order valence-electron chi connectivity index (χ1n) is 4.35. The van der Waals surface area contributed by atoms with Crippen LogP contribution in [0.1, 0.15) is 31.0 Å². The lowest BCUT2D eigenvalue weighted by Gasteiger charge is -1.95. The Morgan fingerprint density at radius 1 is 1.69 bits per heavy atom. The highest BCUT2D eigenvalue weighted by molar-refractivity contribution is 4.99. The topological polar surface area (TPSA) is 55.5 Å². The van der Waals surface area contributed by atoms with Crippen molar-refractivity contribution in [2.24, 2.45) is 0 Å². The SMILES string of the molecule is COCCCc1nc(C(C)O)co1. The number of aromatic nitrogens is 1. The fraction of sp³-hybridized carbons (Fsp3) is 0.667. The standard InChI is InChI=1S/C9H15NO3/c1-7(11)8-6-13-9(10-8)4-3-5-12-2/h6-7,11H,3-5H2,1-2H3. The number of ether oxygens (including phenoxy) is 1. The van der Waals surface area contributed by atoms with Gasteiger partial charge in [-0.1, -0.05) is 0 Å². The van der Waals surface area contributed by atoms with Crippen LogP contribution >= 0.6 is 0 Å². The first-order valence-corrected chi connectivity index (χ1v) is 4.35. The number of methoxy groups -OCH3 is 1. The second-order valence-electron chi connectivity index (χ2n) is 2.94. The van der Waals surface area contributed by atoms with E-state index in [0.717, 1.165) is 12.8 Å². The molecule has 1 N–H and O–H groups in total. The average Bonchev–Trinajstić information content (AvgIpc) is 2.53. The summed E-state index contributed by atoms with van der Waals surface area (Å²) in [5.74, 6) is 0.660. The van der Waals surface area contributed by atoms with E-state index in [1.54, 1.807) is 14.0 Å². The van der Waals surface area contributed by atoms with Gasteiger partial charge in [-0.05, 0) is 13.3 Å². The number of hydrogen-bond donors (Lipinski definition) is 1. The zero-order valence-electron chi connectivity index (χ0n) is 7.99. The van der Waals surface area contributed by atoms with Crippen molar-refractivity contribution < 1.29 is 14.3 Å². The Morgan fingerprint density at radius 3 is 3.00 bits per heavy atom. The second-order valence-corrected chi connectivity index (χ2v) is 2.94. The van der Waals surface area contributed by atoms with Gasteiger partial charge in [-0.2, -0.15) is 0 Å². The summed E-state index contributed by atoms with van der Waals surface area (Å²) in [4.78, 5) is 4.11. The van der Waals surface area contributed by atoms with E-state index in [9.17, 15) is 0 Å². The second kappa shape index (κ2) is 4.99. The first-order chi connectivity index (χ1) is 6.24. The minimum Gasteiger partial charge on any atom is -0.449 e. The molecule has 74 valence electrons. The molecule has 0 aliphatic rings. The Kier molecular flexibility index (Phi) is 3.92. The molecular formula is C9H15NO3. The first kappa shape index (κ1) is 10.2. The van der Waals surface area contributed by atoms with Crippen molar-refractivity contribution in [1.82, 2.24) is 4.98 Å². The summed E-state index contributed by atoms with van der Waals surface area (Å²) in [5.41, 5.74) is 0.590. The maximum absolute atomic E-state index is 9.16. The van der Waals surface area contributed by atoms with Crippen molar-refractivity contribution in [3.8, 4) is 0 Å². The molecule has 0 saturated carbocycles. The van der Waals surface area contributed by atoms with Crippen LogP contribution < -0.4 is 0 Å². The van der Waals surface area contributed by atoms with Gasteiger partial charge in [0.2, 0.25) is 0 Å². The lowest BCUT2D eigenvalue weighted by atomic mass is 10.3. The van der Waals surface area contributed by atoms with Crippen molar-refractivity contribution in [1.29, 1.82) is 0 Å². The molecule has 0 radical (unpaired) electrons. The molecule has 0 aliphatic heterocycles. The highest BCUT2D eigenvalue weighted by Crippen LogP contribution is 2.11. The van der Waals surface area contributed by atoms with E-state index in [2.05, 4.69) is 4.98 Å². The quantitative estimate of drug-likeness (QED) is 0.702. The van der Waals surface area contributed by atoms with Crippen molar-refractivity contribution in [3.63, 3.8) is 0 Å². The fourth-order valence-electron chi connectivity index (χ4n) is 1.000. The van der Waals surface area contributed by atoms with Crippen molar-refractivity contribution in [3.05, 3.63) is 17.8 Å². The third-order valence-electron chi connectivity index (χ3n) is 1.74. The van der Waals surface area contributed by atoms with Gasteiger partial charge >= 0.3 is 0 Å². The van der Waals surface area contributed by atoms with Crippen molar-refractivity contribution in [2.75, 3.05) is 13.7 Å². The molecule has 1 aromatic heterocycles. The third-order valence-corrected chi connectivity index (χ3v) is 1.74. The van der Waals surface area contributed by atoms with Crippen LogP contribution in [0.3, 0.4) is 0 Å². The van der Waals surface area contributed by atoms with E-state index in [1.165, 1.54) is 6.26 Å². The number of aliphatic hydroxyl groups is 1. The summed E-state index contributed by atoms with van der Waals surface area (Å²) in [5, 5.41) is 9.16. The van der Waals surface area contributed by atoms with Crippen LogP contribution in [-0.2, 0) is 11.2 Å². The Labute approximate surface area is 77.5 Å². The van der Waals surface area contributed by atoms with Gasteiger partial charge in [-0.15, -0.1) is 0 Å². The Bertz CT molecular complexity index is 245. The smallest absolute Gasteiger partial charge is 0.194 e. The van der Waals surface area contributed by atoms with Crippen LogP contribution in [0.2, 0.25) is 0 Å². The van der Waals surface area contributed by atoms with Gasteiger partial charge in [0.25, 0.3) is 0 Å². The highest BCUT2D eigenvalue weighted by Gasteiger charge is 2.07. The van der Waals surface area contributed by atoms with Crippen molar-refractivity contribution >= 4 is 0 Å². The molecule has 1 unspecified atom stereocenters. The highest BCUT2D eigenvalue weighted by atomic mass is 16.5. The average molecular weight is 185 g/mol. The summed E-state index contributed by atoms with van der Waals surface area (Å²) in [6.45, 7) is 2.36. The molecule has 0 aliphatic carbocycles. The van der Waals surface area contributed by atoms with Gasteiger partial charge in [0.05, 0.1) is 6.10 Å². The van der Waals surface area contributed by atoms with E-state index >= 15 is 0 Å². The van der Waals surface area contributed by atoms with E-state index in [4.69, 9.17) is 14.3 Å². The lowest BCUT2D eigenvalue weighted by molar-refractivity contribution is 0.192. The number of hydrogen-bond acceptors (Lipinski definition) is 4. The molecule has 0 amide bonds. The molecule has 0 fully saturated rings. The number of nitrogens with zero attached hydrogens (tertiary/aromatic N) is 1. The van der Waals surface area contributed by atoms with Crippen LogP contribution in [0, 0.1) is 0 Å². The molecule has 1 atom stereocenters. The molecule has 0 spiro atoms. The lowest BCUT2D eigenvalue weighted by Crippen LogP contribution is -1.95. The van der Waals surface area contributed by atoms with Gasteiger partial charge in [0.15, 0.2) is 5.89 Å². The van der Waals surface area contributed by atoms with Gasteiger partial charge in [0.1, 0.15) is 12.0 Å². The normalized spacial score (nSPS) is 13.2. The van der Waals surface area contributed by atoms with Crippen LogP contribution in [0.5, 0.6) is 0 Å². The van der Waals surface area contributed by atoms with Gasteiger partial charge in [-0.3, -0.25) is 0 Å². The predicted molar refractivity (Wildman–Crippen MR) is 47.3 cm³/mol. The fourth-order valence-corrected chi connectivity index (χ4v) is 1.000. The van der Waals surface area contributed by atoms with E-state index in [-0.39, 0.29) is 0 Å². The molecule has 0 bridgehead atoms. The van der Waals surface area contributed by atoms with Gasteiger partial charge in [0, 0.05) is 20.1 Å². The van der Waals surface area contributed by atoms with Crippen LogP contribution in [0.15, 0.2) is 10.7 Å². The maximum Gasteiger partial charge on any atom is 0.194 e. The zero-order chi connectivity index (χ0) is 9.68. The maximum atomic E-state index is 9.16. The number of aryl methyl sites for hydroxylation is 1. The van der Waals surface area contributed by atoms with E-state index in [1.807, 2.05) is 0 Å². The molecule has 1 aromatic rings. The number of rotatable bonds is 5. The largest absolute Gasteiger partial charge is 0.449 e. The predicted octanol–water partition coefficient (Wildman–Crippen LogP) is 1.31. The molecule has 0 saturated heterocycles. The minimum absolute atomic E-state index is 0.556. The van der Waals surface area contributed by atoms with Gasteiger partial charge in [-0.25, -0.2) is 4.98 Å². The number of oxazole rings is 1. The summed E-state index contributed by atoms with van der Waals surface area (Å²) >= 11 is 0. The van der Waals surface area contributed by atoms with Crippen LogP contribution in [-0.4, -0.2) is 23.8 Å². The molecule has 1 rings (SSSR count). The van der Waals surface area contributed by atoms with Gasteiger partial charge < -0.3 is 14.3 Å². The van der Waals surface area contributed by atoms with E-state index in [0.29, 0.717) is 18.2 Å². The monoisotopic (exact) mass is 185 g/mol. The Balaban J connectivity index is 2.40. The minimum atomic E-state index is -0.556. The van der Waals surface area contributed by atoms with E-state index < -0.39 is 6.10 Å². The summed E-state index contributed by atoms with van der Waals surface area (Å²) < 4.78 is 10.0. The van der Waals surface area contributed by atoms with Crippen LogP contribution in [0.25, 0.3) is 0 Å². The molecule has 0 aromatic carbocycles. The van der Waals surface area contributed by atoms with Crippen LogP contribution in [0.4, 0.5) is 0 Å².